The molecule has 2 fully saturated rings. The zero-order chi connectivity index (χ0) is 12.1. The summed E-state index contributed by atoms with van der Waals surface area (Å²) in [5.74, 6) is 2.13. The van der Waals surface area contributed by atoms with Gasteiger partial charge in [0.05, 0.1) is 6.10 Å². The van der Waals surface area contributed by atoms with Crippen LogP contribution in [0.4, 0.5) is 0 Å². The molecule has 0 aromatic rings. The lowest BCUT2D eigenvalue weighted by Crippen LogP contribution is -2.30. The molecular formula is C15H29OSi. The zero-order valence-corrected chi connectivity index (χ0v) is 12.7. The highest BCUT2D eigenvalue weighted by atomic mass is 28.3. The maximum atomic E-state index is 5.48. The van der Waals surface area contributed by atoms with Gasteiger partial charge in [-0.05, 0) is 37.5 Å². The SMILES string of the molecule is CCC[Si]1CCC(C2CCC(OC)CC2)CC1. The van der Waals surface area contributed by atoms with Crippen molar-refractivity contribution in [3.63, 3.8) is 0 Å². The molecule has 0 atom stereocenters. The fraction of sp³-hybridized carbons (Fsp3) is 1.00. The van der Waals surface area contributed by atoms with Crippen LogP contribution < -0.4 is 0 Å². The normalized spacial score (nSPS) is 32.8. The van der Waals surface area contributed by atoms with E-state index in [2.05, 4.69) is 6.92 Å². The lowest BCUT2D eigenvalue weighted by atomic mass is 9.76. The molecule has 0 aromatic heterocycles. The number of ether oxygens (including phenoxy) is 1. The van der Waals surface area contributed by atoms with E-state index >= 15 is 0 Å². The van der Waals surface area contributed by atoms with E-state index in [0.717, 1.165) is 11.8 Å². The summed E-state index contributed by atoms with van der Waals surface area (Å²) >= 11 is 0. The minimum Gasteiger partial charge on any atom is -0.381 e. The van der Waals surface area contributed by atoms with Gasteiger partial charge in [0.2, 0.25) is 0 Å². The van der Waals surface area contributed by atoms with Gasteiger partial charge in [-0.2, -0.15) is 0 Å². The summed E-state index contributed by atoms with van der Waals surface area (Å²) in [6, 6.07) is 4.81. The van der Waals surface area contributed by atoms with E-state index in [1.807, 2.05) is 7.11 Å². The second kappa shape index (κ2) is 6.94. The van der Waals surface area contributed by atoms with Gasteiger partial charge in [0.25, 0.3) is 0 Å². The molecule has 2 aliphatic rings. The van der Waals surface area contributed by atoms with Gasteiger partial charge in [0.15, 0.2) is 0 Å². The van der Waals surface area contributed by atoms with Crippen LogP contribution in [0.15, 0.2) is 0 Å². The zero-order valence-electron chi connectivity index (χ0n) is 11.7. The van der Waals surface area contributed by atoms with Crippen molar-refractivity contribution in [1.29, 1.82) is 0 Å². The molecule has 99 valence electrons. The first kappa shape index (κ1) is 13.6. The molecule has 1 saturated carbocycles. The van der Waals surface area contributed by atoms with Gasteiger partial charge in [-0.1, -0.05) is 44.3 Å². The number of methoxy groups -OCH3 is 1. The Kier molecular flexibility index (Phi) is 5.55. The summed E-state index contributed by atoms with van der Waals surface area (Å²) in [6.07, 6.45) is 10.7. The van der Waals surface area contributed by atoms with Crippen molar-refractivity contribution < 1.29 is 4.74 Å². The smallest absolute Gasteiger partial charge is 0.0571 e. The lowest BCUT2D eigenvalue weighted by Gasteiger charge is -2.37. The van der Waals surface area contributed by atoms with Crippen LogP contribution in [0.2, 0.25) is 18.1 Å². The average molecular weight is 253 g/mol. The van der Waals surface area contributed by atoms with E-state index in [1.165, 1.54) is 32.1 Å². The molecule has 0 spiro atoms. The molecule has 0 N–H and O–H groups in total. The summed E-state index contributed by atoms with van der Waals surface area (Å²) in [5.41, 5.74) is 0. The second-order valence-corrected chi connectivity index (χ2v) is 9.11. The fourth-order valence-electron chi connectivity index (χ4n) is 3.92. The van der Waals surface area contributed by atoms with Gasteiger partial charge in [0.1, 0.15) is 0 Å². The molecule has 1 nitrogen and oxygen atoms in total. The van der Waals surface area contributed by atoms with Crippen molar-refractivity contribution in [1.82, 2.24) is 0 Å². The van der Waals surface area contributed by atoms with Gasteiger partial charge >= 0.3 is 0 Å². The van der Waals surface area contributed by atoms with Crippen LogP contribution in [0.25, 0.3) is 0 Å². The second-order valence-electron chi connectivity index (χ2n) is 6.11. The van der Waals surface area contributed by atoms with E-state index in [4.69, 9.17) is 4.74 Å². The Morgan fingerprint density at radius 3 is 2.06 bits per heavy atom. The van der Waals surface area contributed by atoms with Gasteiger partial charge in [-0.25, -0.2) is 0 Å². The van der Waals surface area contributed by atoms with Crippen molar-refractivity contribution in [3.8, 4) is 0 Å². The third-order valence-electron chi connectivity index (χ3n) is 5.06. The average Bonchev–Trinajstić information content (AvgIpc) is 2.40. The fourth-order valence-corrected chi connectivity index (χ4v) is 6.93. The molecule has 17 heavy (non-hydrogen) atoms. The van der Waals surface area contributed by atoms with Gasteiger partial charge in [0, 0.05) is 15.9 Å². The van der Waals surface area contributed by atoms with Crippen molar-refractivity contribution in [2.75, 3.05) is 7.11 Å². The molecular weight excluding hydrogens is 224 g/mol. The first-order chi connectivity index (χ1) is 8.33. The Labute approximate surface area is 109 Å². The first-order valence-electron chi connectivity index (χ1n) is 7.69. The lowest BCUT2D eigenvalue weighted by molar-refractivity contribution is 0.0449. The third-order valence-corrected chi connectivity index (χ3v) is 8.26. The van der Waals surface area contributed by atoms with Gasteiger partial charge < -0.3 is 4.74 Å². The quantitative estimate of drug-likeness (QED) is 0.670. The molecule has 0 bridgehead atoms. The molecule has 1 aliphatic heterocycles. The van der Waals surface area contributed by atoms with E-state index in [0.29, 0.717) is 6.10 Å². The first-order valence-corrected chi connectivity index (χ1v) is 9.82. The summed E-state index contributed by atoms with van der Waals surface area (Å²) in [4.78, 5) is 0. The third kappa shape index (κ3) is 3.82. The largest absolute Gasteiger partial charge is 0.381 e. The topological polar surface area (TPSA) is 9.23 Å². The van der Waals surface area contributed by atoms with Crippen molar-refractivity contribution in [3.05, 3.63) is 0 Å². The minimum absolute atomic E-state index is 0.0909. The summed E-state index contributed by atoms with van der Waals surface area (Å²) in [7, 11) is 1.97. The highest BCUT2D eigenvalue weighted by Crippen LogP contribution is 2.39. The highest BCUT2D eigenvalue weighted by Gasteiger charge is 2.30. The molecule has 1 heterocycles. The Bertz CT molecular complexity index is 203. The summed E-state index contributed by atoms with van der Waals surface area (Å²) in [6.45, 7) is 2.36. The van der Waals surface area contributed by atoms with Crippen LogP contribution in [0.5, 0.6) is 0 Å². The standard InChI is InChI=1S/C15H29OSi/c1-3-10-17-11-8-14(9-12-17)13-4-6-15(16-2)7-5-13/h13-15H,3-12H2,1-2H3. The van der Waals surface area contributed by atoms with Crippen LogP contribution >= 0.6 is 0 Å². The molecule has 1 aliphatic carbocycles. The minimum atomic E-state index is 0.0909. The summed E-state index contributed by atoms with van der Waals surface area (Å²) in [5, 5.41) is 0. The monoisotopic (exact) mass is 253 g/mol. The molecule has 2 heteroatoms. The predicted octanol–water partition coefficient (Wildman–Crippen LogP) is 4.51. The Morgan fingerprint density at radius 1 is 0.941 bits per heavy atom. The van der Waals surface area contributed by atoms with Crippen LogP contribution in [0.1, 0.15) is 51.9 Å². The van der Waals surface area contributed by atoms with Crippen LogP contribution in [-0.4, -0.2) is 22.0 Å². The van der Waals surface area contributed by atoms with E-state index in [9.17, 15) is 0 Å². The molecule has 0 amide bonds. The van der Waals surface area contributed by atoms with E-state index < -0.39 is 0 Å². The number of hydrogen-bond donors (Lipinski definition) is 0. The van der Waals surface area contributed by atoms with Crippen LogP contribution in [0.3, 0.4) is 0 Å². The molecule has 1 radical (unpaired) electrons. The molecule has 0 aromatic carbocycles. The van der Waals surface area contributed by atoms with Crippen molar-refractivity contribution >= 4 is 8.80 Å². The Morgan fingerprint density at radius 2 is 1.53 bits per heavy atom. The van der Waals surface area contributed by atoms with Gasteiger partial charge in [-0.15, -0.1) is 0 Å². The summed E-state index contributed by atoms with van der Waals surface area (Å²) < 4.78 is 5.48. The maximum Gasteiger partial charge on any atom is 0.0571 e. The molecule has 2 rings (SSSR count). The van der Waals surface area contributed by atoms with Crippen LogP contribution in [0, 0.1) is 11.8 Å². The van der Waals surface area contributed by atoms with E-state index in [1.54, 1.807) is 31.0 Å². The van der Waals surface area contributed by atoms with Crippen molar-refractivity contribution in [2.45, 2.75) is 76.1 Å². The molecule has 1 saturated heterocycles. The predicted molar refractivity (Wildman–Crippen MR) is 75.9 cm³/mol. The van der Waals surface area contributed by atoms with Gasteiger partial charge in [-0.3, -0.25) is 0 Å². The Balaban J connectivity index is 1.70. The Hall–Kier alpha value is 0.177. The molecule has 0 unspecified atom stereocenters. The number of hydrogen-bond acceptors (Lipinski definition) is 1. The maximum absolute atomic E-state index is 5.48. The number of rotatable bonds is 4. The van der Waals surface area contributed by atoms with Crippen LogP contribution in [-0.2, 0) is 4.74 Å². The van der Waals surface area contributed by atoms with Crippen molar-refractivity contribution in [2.24, 2.45) is 11.8 Å². The highest BCUT2D eigenvalue weighted by molar-refractivity contribution is 6.58. The van der Waals surface area contributed by atoms with E-state index in [-0.39, 0.29) is 8.80 Å².